The molecule has 0 amide bonds. The molecule has 0 saturated carbocycles. The quantitative estimate of drug-likeness (QED) is 0.797. The van der Waals surface area contributed by atoms with Gasteiger partial charge in [-0.2, -0.15) is 0 Å². The van der Waals surface area contributed by atoms with E-state index in [1.807, 2.05) is 31.3 Å². The second kappa shape index (κ2) is 8.50. The largest absolute Gasteiger partial charge is 0.376 e. The Morgan fingerprint density at radius 1 is 1.12 bits per heavy atom. The molecule has 0 fully saturated rings. The Labute approximate surface area is 151 Å². The Bertz CT molecular complexity index is 764. The Balaban J connectivity index is 1.47. The standard InChI is InChI=1S/C22H25N3/c1-24(2)22-12-11-21(23-18-22)10-6-7-15-25-16-13-20(14-17-25)19-8-4-3-5-9-19/h3-5,8-9,11-13,18H,7,14-17H2,1-2H3. The molecule has 0 aliphatic carbocycles. The predicted octanol–water partition coefficient (Wildman–Crippen LogP) is 3.68. The number of hydrogen-bond donors (Lipinski definition) is 0. The van der Waals surface area contributed by atoms with E-state index in [0.717, 1.165) is 43.9 Å². The molecule has 3 rings (SSSR count). The number of benzene rings is 1. The lowest BCUT2D eigenvalue weighted by atomic mass is 9.99. The molecule has 0 saturated heterocycles. The maximum Gasteiger partial charge on any atom is 0.113 e. The predicted molar refractivity (Wildman–Crippen MR) is 106 cm³/mol. The summed E-state index contributed by atoms with van der Waals surface area (Å²) in [6.45, 7) is 3.14. The number of nitrogens with zero attached hydrogens (tertiary/aromatic N) is 3. The van der Waals surface area contributed by atoms with Gasteiger partial charge in [0.2, 0.25) is 0 Å². The molecule has 1 aliphatic heterocycles. The summed E-state index contributed by atoms with van der Waals surface area (Å²) in [6.07, 6.45) is 6.22. The van der Waals surface area contributed by atoms with Crippen LogP contribution in [0.4, 0.5) is 5.69 Å². The second-order valence-corrected chi connectivity index (χ2v) is 6.49. The number of rotatable bonds is 4. The van der Waals surface area contributed by atoms with E-state index in [-0.39, 0.29) is 0 Å². The summed E-state index contributed by atoms with van der Waals surface area (Å²) in [7, 11) is 4.03. The van der Waals surface area contributed by atoms with Crippen LogP contribution in [0.5, 0.6) is 0 Å². The maximum atomic E-state index is 4.39. The molecule has 0 N–H and O–H groups in total. The van der Waals surface area contributed by atoms with Crippen molar-refractivity contribution in [2.45, 2.75) is 12.8 Å². The number of anilines is 1. The monoisotopic (exact) mass is 331 g/mol. The molecule has 2 heterocycles. The van der Waals surface area contributed by atoms with Crippen molar-refractivity contribution in [3.05, 3.63) is 66.0 Å². The van der Waals surface area contributed by atoms with Gasteiger partial charge in [0.1, 0.15) is 5.69 Å². The summed E-state index contributed by atoms with van der Waals surface area (Å²) >= 11 is 0. The highest BCUT2D eigenvalue weighted by Gasteiger charge is 2.11. The zero-order valence-electron chi connectivity index (χ0n) is 15.1. The van der Waals surface area contributed by atoms with Gasteiger partial charge in [0.15, 0.2) is 0 Å². The van der Waals surface area contributed by atoms with Crippen LogP contribution in [0.2, 0.25) is 0 Å². The topological polar surface area (TPSA) is 19.4 Å². The van der Waals surface area contributed by atoms with Gasteiger partial charge in [-0.1, -0.05) is 42.3 Å². The van der Waals surface area contributed by atoms with Gasteiger partial charge >= 0.3 is 0 Å². The van der Waals surface area contributed by atoms with Crippen LogP contribution in [0.3, 0.4) is 0 Å². The lowest BCUT2D eigenvalue weighted by Crippen LogP contribution is -2.29. The molecule has 1 aromatic carbocycles. The molecule has 3 nitrogen and oxygen atoms in total. The van der Waals surface area contributed by atoms with Crippen molar-refractivity contribution < 1.29 is 0 Å². The molecule has 0 bridgehead atoms. The fourth-order valence-electron chi connectivity index (χ4n) is 2.92. The Morgan fingerprint density at radius 3 is 2.60 bits per heavy atom. The molecule has 1 aliphatic rings. The smallest absolute Gasteiger partial charge is 0.113 e. The van der Waals surface area contributed by atoms with Crippen LogP contribution in [-0.4, -0.2) is 43.6 Å². The fraction of sp³-hybridized carbons (Fsp3) is 0.318. The molecule has 2 aromatic rings. The first kappa shape index (κ1) is 17.3. The third-order valence-corrected chi connectivity index (χ3v) is 4.47. The van der Waals surface area contributed by atoms with Crippen molar-refractivity contribution in [2.24, 2.45) is 0 Å². The second-order valence-electron chi connectivity index (χ2n) is 6.49. The molecule has 1 aromatic heterocycles. The van der Waals surface area contributed by atoms with E-state index in [1.165, 1.54) is 11.1 Å². The lowest BCUT2D eigenvalue weighted by molar-refractivity contribution is 0.309. The number of hydrogen-bond acceptors (Lipinski definition) is 3. The molecule has 0 unspecified atom stereocenters. The third-order valence-electron chi connectivity index (χ3n) is 4.47. The van der Waals surface area contributed by atoms with Crippen molar-refractivity contribution in [3.8, 4) is 11.8 Å². The summed E-state index contributed by atoms with van der Waals surface area (Å²) in [5.74, 6) is 6.42. The third kappa shape index (κ3) is 4.95. The van der Waals surface area contributed by atoms with Crippen LogP contribution in [0.15, 0.2) is 54.7 Å². The number of pyridine rings is 1. The molecule has 25 heavy (non-hydrogen) atoms. The van der Waals surface area contributed by atoms with E-state index in [4.69, 9.17) is 0 Å². The SMILES string of the molecule is CN(C)c1ccc(C#CCCN2CC=C(c3ccccc3)CC2)nc1. The zero-order chi connectivity index (χ0) is 17.5. The average molecular weight is 331 g/mol. The molecular formula is C22H25N3. The van der Waals surface area contributed by atoms with Gasteiger partial charge in [-0.15, -0.1) is 0 Å². The van der Waals surface area contributed by atoms with Crippen LogP contribution < -0.4 is 4.90 Å². The van der Waals surface area contributed by atoms with Gasteiger partial charge in [-0.25, -0.2) is 4.98 Å². The van der Waals surface area contributed by atoms with Crippen LogP contribution in [0.25, 0.3) is 5.57 Å². The van der Waals surface area contributed by atoms with Crippen LogP contribution in [0, 0.1) is 11.8 Å². The van der Waals surface area contributed by atoms with Crippen molar-refractivity contribution in [1.29, 1.82) is 0 Å². The highest BCUT2D eigenvalue weighted by molar-refractivity contribution is 5.66. The summed E-state index contributed by atoms with van der Waals surface area (Å²) in [5.41, 5.74) is 4.76. The lowest BCUT2D eigenvalue weighted by Gasteiger charge is -2.25. The van der Waals surface area contributed by atoms with E-state index in [9.17, 15) is 0 Å². The minimum atomic E-state index is 0.843. The minimum absolute atomic E-state index is 0.843. The van der Waals surface area contributed by atoms with Crippen LogP contribution >= 0.6 is 0 Å². The van der Waals surface area contributed by atoms with Gasteiger partial charge < -0.3 is 4.90 Å². The van der Waals surface area contributed by atoms with E-state index >= 15 is 0 Å². The van der Waals surface area contributed by atoms with E-state index < -0.39 is 0 Å². The van der Waals surface area contributed by atoms with E-state index in [2.05, 4.69) is 64.2 Å². The molecule has 3 heteroatoms. The maximum absolute atomic E-state index is 4.39. The van der Waals surface area contributed by atoms with Gasteiger partial charge in [-0.3, -0.25) is 4.90 Å². The summed E-state index contributed by atoms with van der Waals surface area (Å²) in [6, 6.07) is 14.7. The normalized spacial score (nSPS) is 14.4. The first-order valence-electron chi connectivity index (χ1n) is 8.81. The van der Waals surface area contributed by atoms with Crippen LogP contribution in [-0.2, 0) is 0 Å². The summed E-state index contributed by atoms with van der Waals surface area (Å²) < 4.78 is 0. The van der Waals surface area contributed by atoms with Gasteiger partial charge in [0, 0.05) is 40.2 Å². The Morgan fingerprint density at radius 2 is 1.96 bits per heavy atom. The van der Waals surface area contributed by atoms with E-state index in [1.54, 1.807) is 0 Å². The van der Waals surface area contributed by atoms with Crippen molar-refractivity contribution in [2.75, 3.05) is 38.6 Å². The summed E-state index contributed by atoms with van der Waals surface area (Å²) in [5, 5.41) is 0. The van der Waals surface area contributed by atoms with E-state index in [0.29, 0.717) is 0 Å². The highest BCUT2D eigenvalue weighted by Crippen LogP contribution is 2.21. The first-order chi connectivity index (χ1) is 12.2. The Hall–Kier alpha value is -2.57. The van der Waals surface area contributed by atoms with Crippen molar-refractivity contribution >= 4 is 11.3 Å². The van der Waals surface area contributed by atoms with Gasteiger partial charge in [0.05, 0.1) is 11.9 Å². The molecule has 0 atom stereocenters. The van der Waals surface area contributed by atoms with Gasteiger partial charge in [0.25, 0.3) is 0 Å². The first-order valence-corrected chi connectivity index (χ1v) is 8.81. The Kier molecular flexibility index (Phi) is 5.87. The van der Waals surface area contributed by atoms with Crippen molar-refractivity contribution in [3.63, 3.8) is 0 Å². The molecule has 0 radical (unpaired) electrons. The molecule has 128 valence electrons. The fourth-order valence-corrected chi connectivity index (χ4v) is 2.92. The van der Waals surface area contributed by atoms with Gasteiger partial charge in [-0.05, 0) is 35.6 Å². The number of aromatic nitrogens is 1. The molecular weight excluding hydrogens is 306 g/mol. The molecule has 0 spiro atoms. The van der Waals surface area contributed by atoms with Crippen molar-refractivity contribution in [1.82, 2.24) is 9.88 Å². The summed E-state index contributed by atoms with van der Waals surface area (Å²) in [4.78, 5) is 8.89. The zero-order valence-corrected chi connectivity index (χ0v) is 15.1. The highest BCUT2D eigenvalue weighted by atomic mass is 15.1. The minimum Gasteiger partial charge on any atom is -0.376 e. The van der Waals surface area contributed by atoms with Crippen LogP contribution in [0.1, 0.15) is 24.1 Å². The average Bonchev–Trinajstić information content (AvgIpc) is 2.67.